The Labute approximate surface area is 111 Å². The molecular formula is C11H13N5O2S. The zero-order chi connectivity index (χ0) is 13.9. The molecule has 100 valence electrons. The van der Waals surface area contributed by atoms with Gasteiger partial charge in [-0.1, -0.05) is 0 Å². The summed E-state index contributed by atoms with van der Waals surface area (Å²) in [5.41, 5.74) is 2.81. The van der Waals surface area contributed by atoms with E-state index in [1.807, 2.05) is 0 Å². The topological polar surface area (TPSA) is 101 Å². The van der Waals surface area contributed by atoms with Crippen LogP contribution in [0.3, 0.4) is 0 Å². The number of hydrogen-bond donors (Lipinski definition) is 2. The van der Waals surface area contributed by atoms with Crippen molar-refractivity contribution < 1.29 is 8.42 Å². The minimum absolute atomic E-state index is 0.0813. The Morgan fingerprint density at radius 3 is 2.58 bits per heavy atom. The summed E-state index contributed by atoms with van der Waals surface area (Å²) in [5.74, 6) is 5.57. The van der Waals surface area contributed by atoms with Gasteiger partial charge in [-0.05, 0) is 24.3 Å². The summed E-state index contributed by atoms with van der Waals surface area (Å²) in [7, 11) is -2.20. The fourth-order valence-electron chi connectivity index (χ4n) is 1.46. The highest BCUT2D eigenvalue weighted by Crippen LogP contribution is 2.20. The van der Waals surface area contributed by atoms with E-state index in [-0.39, 0.29) is 4.90 Å². The number of nitrogens with zero attached hydrogens (tertiary/aromatic N) is 3. The van der Waals surface area contributed by atoms with Crippen molar-refractivity contribution in [2.24, 2.45) is 5.84 Å². The van der Waals surface area contributed by atoms with Crippen molar-refractivity contribution in [3.05, 3.63) is 42.9 Å². The van der Waals surface area contributed by atoms with Crippen LogP contribution in [0, 0.1) is 0 Å². The quantitative estimate of drug-likeness (QED) is 0.627. The number of rotatable bonds is 4. The van der Waals surface area contributed by atoms with E-state index in [4.69, 9.17) is 5.84 Å². The highest BCUT2D eigenvalue weighted by atomic mass is 32.2. The molecule has 0 saturated carbocycles. The predicted molar refractivity (Wildman–Crippen MR) is 71.9 cm³/mol. The molecule has 8 heteroatoms. The molecule has 0 radical (unpaired) electrons. The highest BCUT2D eigenvalue weighted by molar-refractivity contribution is 7.92. The maximum Gasteiger partial charge on any atom is 0.265 e. The van der Waals surface area contributed by atoms with Gasteiger partial charge in [0.25, 0.3) is 10.0 Å². The molecule has 2 aromatic rings. The van der Waals surface area contributed by atoms with Crippen molar-refractivity contribution in [1.29, 1.82) is 0 Å². The monoisotopic (exact) mass is 279 g/mol. The van der Waals surface area contributed by atoms with Crippen molar-refractivity contribution in [3.63, 3.8) is 0 Å². The van der Waals surface area contributed by atoms with E-state index in [9.17, 15) is 8.42 Å². The number of aromatic nitrogens is 2. The molecule has 7 nitrogen and oxygen atoms in total. The maximum atomic E-state index is 12.3. The minimum Gasteiger partial charge on any atom is -0.308 e. The molecule has 0 amide bonds. The third kappa shape index (κ3) is 2.64. The summed E-state index contributed by atoms with van der Waals surface area (Å²) in [4.78, 5) is 7.86. The molecule has 0 saturated heterocycles. The first-order chi connectivity index (χ1) is 9.05. The van der Waals surface area contributed by atoms with Crippen molar-refractivity contribution in [2.75, 3.05) is 16.8 Å². The summed E-state index contributed by atoms with van der Waals surface area (Å²) >= 11 is 0. The summed E-state index contributed by atoms with van der Waals surface area (Å²) < 4.78 is 25.8. The zero-order valence-corrected chi connectivity index (χ0v) is 11.0. The van der Waals surface area contributed by atoms with Crippen LogP contribution in [-0.4, -0.2) is 25.4 Å². The van der Waals surface area contributed by atoms with Crippen LogP contribution in [0.1, 0.15) is 0 Å². The SMILES string of the molecule is CN(c1cccnc1)S(=O)(=O)c1ccc(NN)nc1. The number of sulfonamides is 1. The highest BCUT2D eigenvalue weighted by Gasteiger charge is 2.21. The summed E-state index contributed by atoms with van der Waals surface area (Å²) in [6.45, 7) is 0. The van der Waals surface area contributed by atoms with Crippen molar-refractivity contribution in [2.45, 2.75) is 4.90 Å². The first-order valence-electron chi connectivity index (χ1n) is 5.37. The van der Waals surface area contributed by atoms with E-state index in [1.54, 1.807) is 18.3 Å². The molecule has 0 bridgehead atoms. The largest absolute Gasteiger partial charge is 0.308 e. The van der Waals surface area contributed by atoms with Gasteiger partial charge in [-0.15, -0.1) is 0 Å². The van der Waals surface area contributed by atoms with E-state index in [0.717, 1.165) is 4.31 Å². The number of hydrogen-bond acceptors (Lipinski definition) is 6. The Balaban J connectivity index is 2.36. The van der Waals surface area contributed by atoms with Gasteiger partial charge in [-0.2, -0.15) is 0 Å². The minimum atomic E-state index is -3.65. The van der Waals surface area contributed by atoms with Gasteiger partial charge in [0.15, 0.2) is 0 Å². The second kappa shape index (κ2) is 5.21. The third-order valence-electron chi connectivity index (χ3n) is 2.55. The normalized spacial score (nSPS) is 11.1. The van der Waals surface area contributed by atoms with Crippen LogP contribution in [0.25, 0.3) is 0 Å². The summed E-state index contributed by atoms with van der Waals surface area (Å²) in [6, 6.07) is 6.25. The number of pyridine rings is 2. The van der Waals surface area contributed by atoms with Crippen LogP contribution < -0.4 is 15.6 Å². The van der Waals surface area contributed by atoms with Crippen LogP contribution in [0.15, 0.2) is 47.8 Å². The molecule has 0 aliphatic heterocycles. The molecule has 0 spiro atoms. The van der Waals surface area contributed by atoms with E-state index < -0.39 is 10.0 Å². The standard InChI is InChI=1S/C11H13N5O2S/c1-16(9-3-2-6-13-7-9)19(17,18)10-4-5-11(15-12)14-8-10/h2-8H,12H2,1H3,(H,14,15). The van der Waals surface area contributed by atoms with Crippen LogP contribution in [-0.2, 0) is 10.0 Å². The molecule has 0 aliphatic rings. The Hall–Kier alpha value is -2.19. The second-order valence-corrected chi connectivity index (χ2v) is 5.68. The van der Waals surface area contributed by atoms with E-state index in [2.05, 4.69) is 15.4 Å². The van der Waals surface area contributed by atoms with E-state index >= 15 is 0 Å². The molecule has 0 aromatic carbocycles. The lowest BCUT2D eigenvalue weighted by Crippen LogP contribution is -2.26. The van der Waals surface area contributed by atoms with Crippen molar-refractivity contribution >= 4 is 21.5 Å². The van der Waals surface area contributed by atoms with Crippen molar-refractivity contribution in [1.82, 2.24) is 9.97 Å². The number of hydrazine groups is 1. The fourth-order valence-corrected chi connectivity index (χ4v) is 2.58. The molecule has 0 unspecified atom stereocenters. The Kier molecular flexibility index (Phi) is 3.63. The Bertz CT molecular complexity index is 643. The summed E-state index contributed by atoms with van der Waals surface area (Å²) in [5, 5.41) is 0. The van der Waals surface area contributed by atoms with Gasteiger partial charge in [0.1, 0.15) is 10.7 Å². The van der Waals surface area contributed by atoms with Crippen molar-refractivity contribution in [3.8, 4) is 0 Å². The van der Waals surface area contributed by atoms with Gasteiger partial charge >= 0.3 is 0 Å². The summed E-state index contributed by atoms with van der Waals surface area (Å²) in [6.07, 6.45) is 4.30. The first kappa shape index (κ1) is 13.2. The van der Waals surface area contributed by atoms with Gasteiger partial charge < -0.3 is 5.43 Å². The first-order valence-corrected chi connectivity index (χ1v) is 6.81. The van der Waals surface area contributed by atoms with Gasteiger partial charge in [0.2, 0.25) is 0 Å². The number of anilines is 2. The smallest absolute Gasteiger partial charge is 0.265 e. The predicted octanol–water partition coefficient (Wildman–Crippen LogP) is 0.587. The van der Waals surface area contributed by atoms with Gasteiger partial charge in [-0.25, -0.2) is 19.2 Å². The average Bonchev–Trinajstić information content (AvgIpc) is 2.47. The van der Waals surface area contributed by atoms with Gasteiger partial charge in [0.05, 0.1) is 11.9 Å². The Morgan fingerprint density at radius 1 is 1.26 bits per heavy atom. The molecule has 2 heterocycles. The lowest BCUT2D eigenvalue weighted by Gasteiger charge is -2.18. The van der Waals surface area contributed by atoms with E-state index in [1.165, 1.54) is 31.6 Å². The number of nitrogen functional groups attached to an aromatic ring is 1. The lowest BCUT2D eigenvalue weighted by molar-refractivity contribution is 0.594. The second-order valence-electron chi connectivity index (χ2n) is 3.71. The third-order valence-corrected chi connectivity index (χ3v) is 4.32. The molecule has 0 aliphatic carbocycles. The number of nitrogens with one attached hydrogen (secondary N) is 1. The molecular weight excluding hydrogens is 266 g/mol. The molecule has 0 fully saturated rings. The lowest BCUT2D eigenvalue weighted by atomic mass is 10.4. The molecule has 2 rings (SSSR count). The molecule has 2 aromatic heterocycles. The number of nitrogens with two attached hydrogens (primary N) is 1. The van der Waals surface area contributed by atoms with Crippen LogP contribution in [0.2, 0.25) is 0 Å². The molecule has 0 atom stereocenters. The maximum absolute atomic E-state index is 12.3. The van der Waals surface area contributed by atoms with Crippen LogP contribution >= 0.6 is 0 Å². The van der Waals surface area contributed by atoms with E-state index in [0.29, 0.717) is 11.5 Å². The van der Waals surface area contributed by atoms with Crippen LogP contribution in [0.4, 0.5) is 11.5 Å². The Morgan fingerprint density at radius 2 is 2.05 bits per heavy atom. The zero-order valence-electron chi connectivity index (χ0n) is 10.2. The van der Waals surface area contributed by atoms with Gasteiger partial charge in [-0.3, -0.25) is 9.29 Å². The fraction of sp³-hybridized carbons (Fsp3) is 0.0909. The molecule has 19 heavy (non-hydrogen) atoms. The van der Waals surface area contributed by atoms with Crippen LogP contribution in [0.5, 0.6) is 0 Å². The average molecular weight is 279 g/mol. The molecule has 3 N–H and O–H groups in total. The van der Waals surface area contributed by atoms with Gasteiger partial charge in [0, 0.05) is 19.4 Å².